The Morgan fingerprint density at radius 2 is 2.07 bits per heavy atom. The van der Waals surface area contributed by atoms with E-state index < -0.39 is 0 Å². The summed E-state index contributed by atoms with van der Waals surface area (Å²) in [6, 6.07) is 14.8. The minimum atomic E-state index is -0.141. The molecule has 0 unspecified atom stereocenters. The normalized spacial score (nSPS) is 12.6. The van der Waals surface area contributed by atoms with Gasteiger partial charge in [0.2, 0.25) is 5.95 Å². The van der Waals surface area contributed by atoms with Gasteiger partial charge in [-0.1, -0.05) is 29.8 Å². The second-order valence-corrected chi connectivity index (χ2v) is 6.48. The van der Waals surface area contributed by atoms with Crippen LogP contribution in [0.3, 0.4) is 0 Å². The van der Waals surface area contributed by atoms with Crippen molar-refractivity contribution in [3.8, 4) is 5.75 Å². The van der Waals surface area contributed by atoms with E-state index in [1.807, 2.05) is 24.3 Å². The van der Waals surface area contributed by atoms with E-state index in [9.17, 15) is 4.79 Å². The number of rotatable bonds is 4. The summed E-state index contributed by atoms with van der Waals surface area (Å²) in [7, 11) is 1.56. The second kappa shape index (κ2) is 7.25. The first-order valence-electron chi connectivity index (χ1n) is 8.49. The first kappa shape index (κ1) is 17.3. The molecular weight excluding hydrogens is 364 g/mol. The summed E-state index contributed by atoms with van der Waals surface area (Å²) in [4.78, 5) is 23.2. The number of carbonyl (C=O) groups excluding carboxylic acids is 1. The number of methoxy groups -OCH3 is 1. The molecule has 1 aliphatic heterocycles. The summed E-state index contributed by atoms with van der Waals surface area (Å²) in [6.07, 6.45) is 2.41. The van der Waals surface area contributed by atoms with Gasteiger partial charge < -0.3 is 15.0 Å². The maximum atomic E-state index is 12.9. The summed E-state index contributed by atoms with van der Waals surface area (Å²) >= 11 is 6.14. The fraction of sp³-hybridized carbons (Fsp3) is 0.150. The van der Waals surface area contributed by atoms with E-state index in [0.717, 1.165) is 12.1 Å². The largest absolute Gasteiger partial charge is 0.495 e. The standard InChI is InChI=1S/C20H17ClN4O2/c1-27-18-7-6-14(12-15(18)21)23-20-22-10-8-16(24-20)19(26)25-11-9-13-4-2-3-5-17(13)25/h2-8,10,12H,9,11H2,1H3,(H,22,23,24). The van der Waals surface area contributed by atoms with Crippen LogP contribution in [-0.2, 0) is 6.42 Å². The predicted molar refractivity (Wildman–Crippen MR) is 105 cm³/mol. The Morgan fingerprint density at radius 1 is 1.22 bits per heavy atom. The first-order valence-corrected chi connectivity index (χ1v) is 8.87. The van der Waals surface area contributed by atoms with Crippen molar-refractivity contribution in [1.29, 1.82) is 0 Å². The lowest BCUT2D eigenvalue weighted by molar-refractivity contribution is 0.0984. The van der Waals surface area contributed by atoms with Crippen LogP contribution in [0, 0.1) is 0 Å². The third-order valence-corrected chi connectivity index (χ3v) is 4.71. The molecule has 4 rings (SSSR count). The molecule has 0 aliphatic carbocycles. The lowest BCUT2D eigenvalue weighted by Gasteiger charge is -2.17. The lowest BCUT2D eigenvalue weighted by Crippen LogP contribution is -2.29. The number of nitrogens with one attached hydrogen (secondary N) is 1. The van der Waals surface area contributed by atoms with Crippen molar-refractivity contribution in [2.45, 2.75) is 6.42 Å². The number of nitrogens with zero attached hydrogens (tertiary/aromatic N) is 3. The Bertz CT molecular complexity index is 1010. The number of anilines is 3. The van der Waals surface area contributed by atoms with E-state index >= 15 is 0 Å². The number of hydrogen-bond acceptors (Lipinski definition) is 5. The molecule has 27 heavy (non-hydrogen) atoms. The topological polar surface area (TPSA) is 67.3 Å². The second-order valence-electron chi connectivity index (χ2n) is 6.08. The molecule has 1 aliphatic rings. The Hall–Kier alpha value is -3.12. The molecule has 0 spiro atoms. The van der Waals surface area contributed by atoms with E-state index in [1.54, 1.807) is 42.5 Å². The first-order chi connectivity index (χ1) is 13.2. The van der Waals surface area contributed by atoms with Crippen LogP contribution in [0.4, 0.5) is 17.3 Å². The third-order valence-electron chi connectivity index (χ3n) is 4.41. The third kappa shape index (κ3) is 3.44. The average molecular weight is 381 g/mol. The van der Waals surface area contributed by atoms with Crippen molar-refractivity contribution in [2.75, 3.05) is 23.9 Å². The van der Waals surface area contributed by atoms with Gasteiger partial charge >= 0.3 is 0 Å². The van der Waals surface area contributed by atoms with Gasteiger partial charge in [-0.15, -0.1) is 0 Å². The van der Waals surface area contributed by atoms with Crippen molar-refractivity contribution < 1.29 is 9.53 Å². The van der Waals surface area contributed by atoms with Gasteiger partial charge in [0.25, 0.3) is 5.91 Å². The molecule has 0 atom stereocenters. The molecule has 1 aromatic heterocycles. The van der Waals surface area contributed by atoms with Gasteiger partial charge in [-0.2, -0.15) is 0 Å². The molecule has 0 bridgehead atoms. The predicted octanol–water partition coefficient (Wildman–Crippen LogP) is 4.09. The smallest absolute Gasteiger partial charge is 0.277 e. The number of fused-ring (bicyclic) bond motifs is 1. The fourth-order valence-electron chi connectivity index (χ4n) is 3.10. The molecular formula is C20H17ClN4O2. The zero-order valence-corrected chi connectivity index (χ0v) is 15.4. The summed E-state index contributed by atoms with van der Waals surface area (Å²) in [5.74, 6) is 0.771. The Labute approximate surface area is 161 Å². The molecule has 0 radical (unpaired) electrons. The van der Waals surface area contributed by atoms with Crippen LogP contribution in [0.25, 0.3) is 0 Å². The molecule has 0 fully saturated rings. The molecule has 0 saturated carbocycles. The molecule has 3 aromatic rings. The van der Waals surface area contributed by atoms with Gasteiger partial charge in [-0.3, -0.25) is 4.79 Å². The van der Waals surface area contributed by atoms with Crippen molar-refractivity contribution in [3.63, 3.8) is 0 Å². The minimum Gasteiger partial charge on any atom is -0.495 e. The number of amides is 1. The number of para-hydroxylation sites is 1. The monoisotopic (exact) mass is 380 g/mol. The Balaban J connectivity index is 1.56. The molecule has 1 amide bonds. The molecule has 7 heteroatoms. The van der Waals surface area contributed by atoms with Gasteiger partial charge in [0.15, 0.2) is 0 Å². The van der Waals surface area contributed by atoms with E-state index in [1.165, 1.54) is 5.56 Å². The number of carbonyl (C=O) groups is 1. The van der Waals surface area contributed by atoms with Crippen LogP contribution in [0.15, 0.2) is 54.7 Å². The van der Waals surface area contributed by atoms with Crippen LogP contribution in [-0.4, -0.2) is 29.5 Å². The minimum absolute atomic E-state index is 0.141. The Morgan fingerprint density at radius 3 is 2.89 bits per heavy atom. The van der Waals surface area contributed by atoms with E-state index in [2.05, 4.69) is 15.3 Å². The Kier molecular flexibility index (Phi) is 4.64. The molecule has 6 nitrogen and oxygen atoms in total. The van der Waals surface area contributed by atoms with Gasteiger partial charge in [0.1, 0.15) is 11.4 Å². The highest BCUT2D eigenvalue weighted by Crippen LogP contribution is 2.30. The van der Waals surface area contributed by atoms with Gasteiger partial charge in [-0.25, -0.2) is 9.97 Å². The quantitative estimate of drug-likeness (QED) is 0.738. The van der Waals surface area contributed by atoms with Gasteiger partial charge in [-0.05, 0) is 42.3 Å². The SMILES string of the molecule is COc1ccc(Nc2nccc(C(=O)N3CCc4ccccc43)n2)cc1Cl. The van der Waals surface area contributed by atoms with Crippen LogP contribution < -0.4 is 15.0 Å². The van der Waals surface area contributed by atoms with Crippen molar-refractivity contribution >= 4 is 34.8 Å². The molecule has 1 N–H and O–H groups in total. The van der Waals surface area contributed by atoms with Crippen LogP contribution >= 0.6 is 11.6 Å². The van der Waals surface area contributed by atoms with E-state index in [4.69, 9.17) is 16.3 Å². The molecule has 0 saturated heterocycles. The molecule has 2 aromatic carbocycles. The maximum Gasteiger partial charge on any atom is 0.277 e. The van der Waals surface area contributed by atoms with Crippen LogP contribution in [0.1, 0.15) is 16.1 Å². The zero-order chi connectivity index (χ0) is 18.8. The highest BCUT2D eigenvalue weighted by molar-refractivity contribution is 6.32. The summed E-state index contributed by atoms with van der Waals surface area (Å²) in [6.45, 7) is 0.652. The number of benzene rings is 2. The number of ether oxygens (including phenoxy) is 1. The van der Waals surface area contributed by atoms with Gasteiger partial charge in [0, 0.05) is 24.1 Å². The van der Waals surface area contributed by atoms with E-state index in [-0.39, 0.29) is 5.91 Å². The van der Waals surface area contributed by atoms with Crippen molar-refractivity contribution in [3.05, 3.63) is 71.0 Å². The van der Waals surface area contributed by atoms with E-state index in [0.29, 0.717) is 34.6 Å². The van der Waals surface area contributed by atoms with Gasteiger partial charge in [0.05, 0.1) is 12.1 Å². The number of halogens is 1. The zero-order valence-electron chi connectivity index (χ0n) is 14.6. The van der Waals surface area contributed by atoms with Crippen molar-refractivity contribution in [2.24, 2.45) is 0 Å². The molecule has 136 valence electrons. The van der Waals surface area contributed by atoms with Crippen LogP contribution in [0.5, 0.6) is 5.75 Å². The van der Waals surface area contributed by atoms with Crippen molar-refractivity contribution in [1.82, 2.24) is 9.97 Å². The highest BCUT2D eigenvalue weighted by Gasteiger charge is 2.26. The highest BCUT2D eigenvalue weighted by atomic mass is 35.5. The summed E-state index contributed by atoms with van der Waals surface area (Å²) in [5, 5.41) is 3.54. The fourth-order valence-corrected chi connectivity index (χ4v) is 3.36. The summed E-state index contributed by atoms with van der Waals surface area (Å²) in [5.41, 5.74) is 3.16. The molecule has 2 heterocycles. The number of aromatic nitrogens is 2. The number of hydrogen-bond donors (Lipinski definition) is 1. The average Bonchev–Trinajstić information content (AvgIpc) is 3.12. The maximum absolute atomic E-state index is 12.9. The van der Waals surface area contributed by atoms with Crippen LogP contribution in [0.2, 0.25) is 5.02 Å². The summed E-state index contributed by atoms with van der Waals surface area (Å²) < 4.78 is 5.15. The lowest BCUT2D eigenvalue weighted by atomic mass is 10.2.